The van der Waals surface area contributed by atoms with E-state index in [4.69, 9.17) is 4.42 Å². The summed E-state index contributed by atoms with van der Waals surface area (Å²) in [4.78, 5) is 41.3. The number of anilines is 2. The van der Waals surface area contributed by atoms with E-state index in [-0.39, 0.29) is 42.3 Å². The first-order valence-corrected chi connectivity index (χ1v) is 12.6. The zero-order valence-electron chi connectivity index (χ0n) is 21.6. The van der Waals surface area contributed by atoms with Crippen LogP contribution in [0.1, 0.15) is 59.7 Å². The fourth-order valence-corrected chi connectivity index (χ4v) is 4.36. The molecule has 1 fully saturated rings. The first-order valence-electron chi connectivity index (χ1n) is 12.6. The lowest BCUT2D eigenvalue weighted by atomic mass is 10.0. The van der Waals surface area contributed by atoms with Crippen molar-refractivity contribution in [2.24, 2.45) is 5.92 Å². The Morgan fingerprint density at radius 1 is 1.03 bits per heavy atom. The van der Waals surface area contributed by atoms with E-state index >= 15 is 0 Å². The molecule has 3 aromatic rings. The number of halogens is 3. The third-order valence-corrected chi connectivity index (χ3v) is 6.40. The first-order chi connectivity index (χ1) is 18.5. The van der Waals surface area contributed by atoms with Crippen LogP contribution in [0.4, 0.5) is 24.9 Å². The molecule has 11 heteroatoms. The van der Waals surface area contributed by atoms with Crippen LogP contribution in [0.3, 0.4) is 0 Å². The van der Waals surface area contributed by atoms with Crippen molar-refractivity contribution in [3.63, 3.8) is 0 Å². The summed E-state index contributed by atoms with van der Waals surface area (Å²) in [7, 11) is 0. The second-order valence-electron chi connectivity index (χ2n) is 9.68. The number of oxazole rings is 1. The summed E-state index contributed by atoms with van der Waals surface area (Å²) in [6, 6.07) is 13.1. The highest BCUT2D eigenvalue weighted by Crippen LogP contribution is 2.35. The fraction of sp³-hybridized carbons (Fsp3) is 0.357. The Kier molecular flexibility index (Phi) is 8.37. The molecule has 1 aliphatic rings. The third-order valence-electron chi connectivity index (χ3n) is 6.40. The average molecular weight is 543 g/mol. The summed E-state index contributed by atoms with van der Waals surface area (Å²) >= 11 is 0. The molecule has 0 aliphatic carbocycles. The van der Waals surface area contributed by atoms with Crippen LogP contribution < -0.4 is 15.5 Å². The number of nitrogens with zero attached hydrogens (tertiary/aromatic N) is 2. The molecule has 1 unspecified atom stereocenters. The van der Waals surface area contributed by atoms with Gasteiger partial charge in [-0.1, -0.05) is 31.2 Å². The van der Waals surface area contributed by atoms with Crippen LogP contribution in [0.5, 0.6) is 0 Å². The van der Waals surface area contributed by atoms with Crippen molar-refractivity contribution in [1.29, 1.82) is 0 Å². The molecule has 2 heterocycles. The summed E-state index contributed by atoms with van der Waals surface area (Å²) in [5, 5.41) is 5.14. The van der Waals surface area contributed by atoms with Gasteiger partial charge in [0.1, 0.15) is 5.78 Å². The number of hydrogen-bond acceptors (Lipinski definition) is 6. The van der Waals surface area contributed by atoms with Gasteiger partial charge in [0.2, 0.25) is 5.76 Å². The molecule has 1 aromatic heterocycles. The van der Waals surface area contributed by atoms with Crippen LogP contribution in [0, 0.1) is 5.92 Å². The lowest BCUT2D eigenvalue weighted by molar-refractivity contribution is -0.141. The number of carbonyl (C=O) groups is 3. The lowest BCUT2D eigenvalue weighted by Gasteiger charge is -2.29. The molecule has 2 N–H and O–H groups in total. The van der Waals surface area contributed by atoms with Crippen molar-refractivity contribution < 1.29 is 32.0 Å². The number of Topliss-reactive ketones (excluding diaryl/α,β-unsaturated/α-hetero) is 1. The maximum Gasteiger partial charge on any atom is 0.437 e. The molecule has 206 valence electrons. The van der Waals surface area contributed by atoms with Crippen molar-refractivity contribution in [3.05, 3.63) is 65.5 Å². The third kappa shape index (κ3) is 7.04. The number of hydrogen-bond donors (Lipinski definition) is 2. The quantitative estimate of drug-likeness (QED) is 0.386. The molecular weight excluding hydrogens is 513 g/mol. The minimum atomic E-state index is -4.85. The smallest absolute Gasteiger partial charge is 0.417 e. The summed E-state index contributed by atoms with van der Waals surface area (Å²) in [6.07, 6.45) is -2.82. The number of rotatable bonds is 8. The number of aromatic nitrogens is 1. The molecule has 0 bridgehead atoms. The minimum Gasteiger partial charge on any atom is -0.417 e. The topological polar surface area (TPSA) is 105 Å². The number of nitrogens with one attached hydrogen (secondary N) is 2. The van der Waals surface area contributed by atoms with Crippen LogP contribution in [0.2, 0.25) is 0 Å². The van der Waals surface area contributed by atoms with Crippen molar-refractivity contribution in [1.82, 2.24) is 10.3 Å². The maximum atomic E-state index is 13.7. The molecule has 0 radical (unpaired) electrons. The van der Waals surface area contributed by atoms with Crippen LogP contribution in [-0.4, -0.2) is 42.2 Å². The molecular formula is C28H29F3N4O4. The van der Waals surface area contributed by atoms with Gasteiger partial charge in [-0.25, -0.2) is 0 Å². The highest BCUT2D eigenvalue weighted by molar-refractivity contribution is 6.03. The Bertz CT molecular complexity index is 1330. The molecule has 0 saturated carbocycles. The van der Waals surface area contributed by atoms with E-state index in [0.717, 1.165) is 24.0 Å². The van der Waals surface area contributed by atoms with E-state index in [0.29, 0.717) is 18.7 Å². The molecule has 1 atom stereocenters. The van der Waals surface area contributed by atoms with Crippen molar-refractivity contribution in [2.75, 3.05) is 29.9 Å². The number of carbonyl (C=O) groups excluding carboxylic acids is 3. The van der Waals surface area contributed by atoms with Gasteiger partial charge in [-0.15, -0.1) is 0 Å². The second-order valence-corrected chi connectivity index (χ2v) is 9.68. The van der Waals surface area contributed by atoms with E-state index in [9.17, 15) is 27.6 Å². The maximum absolute atomic E-state index is 13.7. The first kappa shape index (κ1) is 27.9. The molecule has 39 heavy (non-hydrogen) atoms. The minimum absolute atomic E-state index is 0.0104. The monoisotopic (exact) mass is 542 g/mol. The summed E-state index contributed by atoms with van der Waals surface area (Å²) in [5.41, 5.74) is 0.937. The molecule has 1 aliphatic heterocycles. The van der Waals surface area contributed by atoms with Gasteiger partial charge in [0.05, 0.1) is 0 Å². The van der Waals surface area contributed by atoms with Gasteiger partial charge in [0.25, 0.3) is 17.8 Å². The zero-order chi connectivity index (χ0) is 28.2. The molecule has 2 aromatic carbocycles. The van der Waals surface area contributed by atoms with E-state index in [1.807, 2.05) is 6.92 Å². The molecule has 0 spiro atoms. The fourth-order valence-electron chi connectivity index (χ4n) is 4.36. The van der Waals surface area contributed by atoms with Gasteiger partial charge in [-0.3, -0.25) is 14.4 Å². The van der Waals surface area contributed by atoms with Crippen molar-refractivity contribution in [2.45, 2.75) is 39.3 Å². The van der Waals surface area contributed by atoms with Gasteiger partial charge in [-0.2, -0.15) is 18.2 Å². The van der Waals surface area contributed by atoms with Gasteiger partial charge < -0.3 is 20.0 Å². The van der Waals surface area contributed by atoms with Crippen molar-refractivity contribution in [3.8, 4) is 11.1 Å². The molecule has 8 nitrogen and oxygen atoms in total. The normalized spacial score (nSPS) is 15.6. The van der Waals surface area contributed by atoms with Crippen LogP contribution >= 0.6 is 0 Å². The Balaban J connectivity index is 1.44. The van der Waals surface area contributed by atoms with Gasteiger partial charge in [0, 0.05) is 37.3 Å². The standard InChI is InChI=1S/C28H29F3N4O4/c1-17-4-3-15-35(16-17)27-34-24(28(29,30)31)23(39-27)26(38)33-22-11-9-20(10-12-22)19-5-7-21(8-6-19)25(37)32-14-13-18(2)36/h5-12,17H,3-4,13-16H2,1-2H3,(H,32,37)(H,33,38). The van der Waals surface area contributed by atoms with Crippen molar-refractivity contribution >= 4 is 29.3 Å². The number of benzene rings is 2. The molecule has 1 saturated heterocycles. The predicted molar refractivity (Wildman–Crippen MR) is 140 cm³/mol. The van der Waals surface area contributed by atoms with E-state index in [1.54, 1.807) is 53.4 Å². The Morgan fingerprint density at radius 3 is 2.26 bits per heavy atom. The zero-order valence-corrected chi connectivity index (χ0v) is 21.6. The summed E-state index contributed by atoms with van der Waals surface area (Å²) in [5.74, 6) is -1.94. The molecule has 4 rings (SSSR count). The largest absolute Gasteiger partial charge is 0.437 e. The predicted octanol–water partition coefficient (Wildman–Crippen LogP) is 5.56. The van der Waals surface area contributed by atoms with E-state index in [1.165, 1.54) is 6.92 Å². The highest BCUT2D eigenvalue weighted by atomic mass is 19.4. The Labute approximate surface area is 223 Å². The summed E-state index contributed by atoms with van der Waals surface area (Å²) < 4.78 is 46.3. The lowest BCUT2D eigenvalue weighted by Crippen LogP contribution is -2.34. The average Bonchev–Trinajstić information content (AvgIpc) is 3.36. The van der Waals surface area contributed by atoms with Crippen LogP contribution in [0.25, 0.3) is 11.1 Å². The van der Waals surface area contributed by atoms with Gasteiger partial charge >= 0.3 is 6.18 Å². The second kappa shape index (κ2) is 11.7. The van der Waals surface area contributed by atoms with E-state index < -0.39 is 23.5 Å². The summed E-state index contributed by atoms with van der Waals surface area (Å²) in [6.45, 7) is 4.74. The van der Waals surface area contributed by atoms with Crippen LogP contribution in [-0.2, 0) is 11.0 Å². The Morgan fingerprint density at radius 2 is 1.67 bits per heavy atom. The highest BCUT2D eigenvalue weighted by Gasteiger charge is 2.42. The molecule has 2 amide bonds. The van der Waals surface area contributed by atoms with Gasteiger partial charge in [0.15, 0.2) is 5.69 Å². The van der Waals surface area contributed by atoms with E-state index in [2.05, 4.69) is 15.6 Å². The number of piperidine rings is 1. The number of ketones is 1. The number of amides is 2. The van der Waals surface area contributed by atoms with Gasteiger partial charge in [-0.05, 0) is 61.1 Å². The van der Waals surface area contributed by atoms with Crippen LogP contribution in [0.15, 0.2) is 52.9 Å². The SMILES string of the molecule is CC(=O)CCNC(=O)c1ccc(-c2ccc(NC(=O)c3oc(N4CCCC(C)C4)nc3C(F)(F)F)cc2)cc1. The number of alkyl halides is 3. The Hall–Kier alpha value is -4.15.